The van der Waals surface area contributed by atoms with Gasteiger partial charge in [-0.25, -0.2) is 0 Å². The van der Waals surface area contributed by atoms with E-state index < -0.39 is 5.97 Å². The number of methoxy groups -OCH3 is 1. The van der Waals surface area contributed by atoms with Gasteiger partial charge in [-0.2, -0.15) is 0 Å². The number of ether oxygens (including phenoxy) is 1. The van der Waals surface area contributed by atoms with E-state index in [1.54, 1.807) is 7.11 Å². The molecule has 17 heavy (non-hydrogen) atoms. The molecule has 0 spiro atoms. The molecule has 1 aromatic carbocycles. The summed E-state index contributed by atoms with van der Waals surface area (Å²) in [6.07, 6.45) is 3.09. The molecule has 0 aliphatic heterocycles. The van der Waals surface area contributed by atoms with Gasteiger partial charge in [0.1, 0.15) is 0 Å². The Labute approximate surface area is 101 Å². The third kappa shape index (κ3) is 2.67. The zero-order valence-corrected chi connectivity index (χ0v) is 10.1. The van der Waals surface area contributed by atoms with Crippen LogP contribution in [0.5, 0.6) is 0 Å². The summed E-state index contributed by atoms with van der Waals surface area (Å²) in [7, 11) is 1.72. The Balaban J connectivity index is 2.19. The predicted molar refractivity (Wildman–Crippen MR) is 65.2 cm³/mol. The summed E-state index contributed by atoms with van der Waals surface area (Å²) in [6, 6.07) is 8.15. The van der Waals surface area contributed by atoms with Gasteiger partial charge in [-0.3, -0.25) is 4.79 Å². The van der Waals surface area contributed by atoms with Crippen LogP contribution in [0.1, 0.15) is 30.4 Å². The maximum Gasteiger partial charge on any atom is 0.303 e. The Morgan fingerprint density at radius 2 is 2.12 bits per heavy atom. The van der Waals surface area contributed by atoms with Crippen LogP contribution >= 0.6 is 0 Å². The second-order valence-electron chi connectivity index (χ2n) is 4.76. The molecule has 0 heterocycles. The van der Waals surface area contributed by atoms with E-state index in [1.165, 1.54) is 5.56 Å². The molecule has 1 N–H and O–H groups in total. The molecule has 1 saturated carbocycles. The lowest BCUT2D eigenvalue weighted by molar-refractivity contribution is -0.136. The first-order chi connectivity index (χ1) is 8.18. The molecule has 3 nitrogen and oxygen atoms in total. The van der Waals surface area contributed by atoms with Crippen molar-refractivity contribution in [1.29, 1.82) is 0 Å². The standard InChI is InChI=1S/C14H18O3/c1-17-10-14(8-9-14)12-5-3-2-4-11(12)6-7-13(15)16/h2-5H,6-10H2,1H3,(H,15,16). The van der Waals surface area contributed by atoms with Crippen LogP contribution in [0.2, 0.25) is 0 Å². The van der Waals surface area contributed by atoms with Crippen LogP contribution in [0.3, 0.4) is 0 Å². The van der Waals surface area contributed by atoms with Crippen LogP contribution in [0.15, 0.2) is 24.3 Å². The number of carboxylic acid groups (broad SMARTS) is 1. The maximum absolute atomic E-state index is 10.7. The lowest BCUT2D eigenvalue weighted by atomic mass is 9.90. The first kappa shape index (κ1) is 12.1. The molecule has 2 rings (SSSR count). The fourth-order valence-corrected chi connectivity index (χ4v) is 2.42. The summed E-state index contributed by atoms with van der Waals surface area (Å²) in [5.41, 5.74) is 2.59. The molecule has 1 aliphatic rings. The van der Waals surface area contributed by atoms with Crippen LogP contribution in [0.25, 0.3) is 0 Å². The Morgan fingerprint density at radius 1 is 1.41 bits per heavy atom. The third-order valence-electron chi connectivity index (χ3n) is 3.47. The topological polar surface area (TPSA) is 46.5 Å². The minimum Gasteiger partial charge on any atom is -0.481 e. The molecule has 0 aromatic heterocycles. The fraction of sp³-hybridized carbons (Fsp3) is 0.500. The SMILES string of the molecule is COCC1(c2ccccc2CCC(=O)O)CC1. The van der Waals surface area contributed by atoms with E-state index in [-0.39, 0.29) is 11.8 Å². The Morgan fingerprint density at radius 3 is 2.71 bits per heavy atom. The zero-order valence-electron chi connectivity index (χ0n) is 10.1. The number of aryl methyl sites for hydroxylation is 1. The molecule has 0 radical (unpaired) electrons. The predicted octanol–water partition coefficient (Wildman–Crippen LogP) is 2.38. The van der Waals surface area contributed by atoms with E-state index in [9.17, 15) is 4.79 Å². The summed E-state index contributed by atoms with van der Waals surface area (Å²) in [5.74, 6) is -0.739. The molecule has 3 heteroatoms. The van der Waals surface area contributed by atoms with E-state index in [1.807, 2.05) is 18.2 Å². The van der Waals surface area contributed by atoms with Gasteiger partial charge < -0.3 is 9.84 Å². The van der Waals surface area contributed by atoms with Gasteiger partial charge in [-0.15, -0.1) is 0 Å². The molecule has 1 aromatic rings. The van der Waals surface area contributed by atoms with Crippen LogP contribution < -0.4 is 0 Å². The summed E-state index contributed by atoms with van der Waals surface area (Å²) in [6.45, 7) is 0.733. The number of aliphatic carboxylic acids is 1. The number of rotatable bonds is 6. The lowest BCUT2D eigenvalue weighted by Gasteiger charge is -2.18. The Hall–Kier alpha value is -1.35. The summed E-state index contributed by atoms with van der Waals surface area (Å²) < 4.78 is 5.29. The van der Waals surface area contributed by atoms with E-state index in [0.29, 0.717) is 6.42 Å². The highest BCUT2D eigenvalue weighted by atomic mass is 16.5. The molecule has 0 bridgehead atoms. The van der Waals surface area contributed by atoms with Gasteiger partial charge >= 0.3 is 5.97 Å². The fourth-order valence-electron chi connectivity index (χ4n) is 2.42. The average Bonchev–Trinajstić information content (AvgIpc) is 3.08. The van der Waals surface area contributed by atoms with Gasteiger partial charge in [-0.1, -0.05) is 24.3 Å². The quantitative estimate of drug-likeness (QED) is 0.822. The molecule has 0 saturated heterocycles. The molecular formula is C14H18O3. The van der Waals surface area contributed by atoms with Crippen LogP contribution in [-0.4, -0.2) is 24.8 Å². The number of hydrogen-bond acceptors (Lipinski definition) is 2. The first-order valence-electron chi connectivity index (χ1n) is 5.97. The second kappa shape index (κ2) is 4.88. The summed E-state index contributed by atoms with van der Waals surface area (Å²) in [5, 5.41) is 8.76. The van der Waals surface area contributed by atoms with Crippen molar-refractivity contribution in [2.75, 3.05) is 13.7 Å². The molecule has 92 valence electrons. The molecule has 0 unspecified atom stereocenters. The van der Waals surface area contributed by atoms with Gasteiger partial charge in [0, 0.05) is 18.9 Å². The van der Waals surface area contributed by atoms with Gasteiger partial charge in [0.05, 0.1) is 6.61 Å². The van der Waals surface area contributed by atoms with Crippen molar-refractivity contribution in [2.24, 2.45) is 0 Å². The van der Waals surface area contributed by atoms with Crippen molar-refractivity contribution in [3.05, 3.63) is 35.4 Å². The van der Waals surface area contributed by atoms with Crippen molar-refractivity contribution >= 4 is 5.97 Å². The molecule has 1 aliphatic carbocycles. The van der Waals surface area contributed by atoms with Crippen LogP contribution in [0.4, 0.5) is 0 Å². The number of carboxylic acids is 1. The second-order valence-corrected chi connectivity index (χ2v) is 4.76. The van der Waals surface area contributed by atoms with E-state index in [4.69, 9.17) is 9.84 Å². The highest BCUT2D eigenvalue weighted by Crippen LogP contribution is 2.49. The number of benzene rings is 1. The molecular weight excluding hydrogens is 216 g/mol. The van der Waals surface area contributed by atoms with E-state index in [2.05, 4.69) is 6.07 Å². The van der Waals surface area contributed by atoms with Crippen LogP contribution in [0, 0.1) is 0 Å². The largest absolute Gasteiger partial charge is 0.481 e. The Kier molecular flexibility index (Phi) is 3.48. The van der Waals surface area contributed by atoms with Gasteiger partial charge in [-0.05, 0) is 30.4 Å². The molecule has 0 amide bonds. The molecule has 0 atom stereocenters. The zero-order chi connectivity index (χ0) is 12.3. The van der Waals surface area contributed by atoms with Crippen molar-refractivity contribution in [2.45, 2.75) is 31.1 Å². The minimum atomic E-state index is -0.739. The highest BCUT2D eigenvalue weighted by Gasteiger charge is 2.45. The van der Waals surface area contributed by atoms with Gasteiger partial charge in [0.15, 0.2) is 0 Å². The van der Waals surface area contributed by atoms with E-state index >= 15 is 0 Å². The summed E-state index contributed by atoms with van der Waals surface area (Å²) in [4.78, 5) is 10.7. The Bertz CT molecular complexity index is 408. The minimum absolute atomic E-state index is 0.157. The third-order valence-corrected chi connectivity index (χ3v) is 3.47. The van der Waals surface area contributed by atoms with E-state index in [0.717, 1.165) is 25.0 Å². The van der Waals surface area contributed by atoms with Crippen molar-refractivity contribution in [3.8, 4) is 0 Å². The lowest BCUT2D eigenvalue weighted by Crippen LogP contribution is -2.16. The van der Waals surface area contributed by atoms with Gasteiger partial charge in [0.2, 0.25) is 0 Å². The number of carbonyl (C=O) groups is 1. The van der Waals surface area contributed by atoms with Crippen molar-refractivity contribution in [1.82, 2.24) is 0 Å². The normalized spacial score (nSPS) is 16.8. The monoisotopic (exact) mass is 234 g/mol. The average molecular weight is 234 g/mol. The number of hydrogen-bond donors (Lipinski definition) is 1. The highest BCUT2D eigenvalue weighted by molar-refractivity contribution is 5.67. The van der Waals surface area contributed by atoms with Crippen molar-refractivity contribution < 1.29 is 14.6 Å². The maximum atomic E-state index is 10.7. The summed E-state index contributed by atoms with van der Waals surface area (Å²) >= 11 is 0. The smallest absolute Gasteiger partial charge is 0.303 e. The van der Waals surface area contributed by atoms with Crippen LogP contribution in [-0.2, 0) is 21.4 Å². The van der Waals surface area contributed by atoms with Gasteiger partial charge in [0.25, 0.3) is 0 Å². The first-order valence-corrected chi connectivity index (χ1v) is 5.97. The van der Waals surface area contributed by atoms with Crippen molar-refractivity contribution in [3.63, 3.8) is 0 Å². The molecule has 1 fully saturated rings.